The quantitative estimate of drug-likeness (QED) is 0.257. The number of ether oxygens (including phenoxy) is 2. The summed E-state index contributed by atoms with van der Waals surface area (Å²) < 4.78 is 11.9. The highest BCUT2D eigenvalue weighted by molar-refractivity contribution is 7.81. The second-order valence-corrected chi connectivity index (χ2v) is 12.5. The lowest BCUT2D eigenvalue weighted by atomic mass is 9.70. The molecule has 0 spiro atoms. The van der Waals surface area contributed by atoms with E-state index in [1.54, 1.807) is 18.2 Å². The van der Waals surface area contributed by atoms with Crippen LogP contribution < -0.4 is 9.64 Å². The summed E-state index contributed by atoms with van der Waals surface area (Å²) in [4.78, 5) is 14.1. The Balaban J connectivity index is 1.31. The number of rotatable bonds is 7. The number of fused-ring (bicyclic) bond motifs is 2. The topological polar surface area (TPSA) is 79.2 Å². The van der Waals surface area contributed by atoms with E-state index in [0.29, 0.717) is 29.4 Å². The van der Waals surface area contributed by atoms with Gasteiger partial charge in [-0.1, -0.05) is 29.8 Å². The molecule has 0 radical (unpaired) electrons. The number of aliphatic hydroxyl groups is 1. The fourth-order valence-electron chi connectivity index (χ4n) is 6.17. The summed E-state index contributed by atoms with van der Waals surface area (Å²) in [6.07, 6.45) is 10.3. The maximum Gasteiger partial charge on any atom is 0.335 e. The van der Waals surface area contributed by atoms with Crippen LogP contribution in [0.3, 0.4) is 0 Å². The van der Waals surface area contributed by atoms with Gasteiger partial charge in [0.25, 0.3) is 0 Å². The van der Waals surface area contributed by atoms with Gasteiger partial charge in [-0.25, -0.2) is 4.79 Å². The Labute approximate surface area is 247 Å². The third-order valence-electron chi connectivity index (χ3n) is 8.80. The Bertz CT molecular complexity index is 1210. The molecule has 1 aliphatic carbocycles. The molecule has 5 atom stereocenters. The van der Waals surface area contributed by atoms with Crippen molar-refractivity contribution in [3.63, 3.8) is 0 Å². The van der Waals surface area contributed by atoms with E-state index in [9.17, 15) is 15.0 Å². The number of allylic oxidation sites excluding steroid dienone is 1. The molecule has 2 aromatic carbocycles. The maximum atomic E-state index is 11.9. The number of thiol groups is 1. The van der Waals surface area contributed by atoms with Crippen molar-refractivity contribution in [3.8, 4) is 5.75 Å². The van der Waals surface area contributed by atoms with E-state index >= 15 is 0 Å². The number of carbonyl (C=O) groups is 1. The van der Waals surface area contributed by atoms with Crippen LogP contribution in [0, 0.1) is 17.8 Å². The smallest absolute Gasteiger partial charge is 0.335 e. The van der Waals surface area contributed by atoms with E-state index in [1.807, 2.05) is 24.3 Å². The molecule has 0 amide bonds. The normalized spacial score (nSPS) is 26.1. The third kappa shape index (κ3) is 7.17. The Morgan fingerprint density at radius 2 is 2.00 bits per heavy atom. The van der Waals surface area contributed by atoms with Gasteiger partial charge in [-0.05, 0) is 104 Å². The fraction of sp³-hybridized carbons (Fsp3) is 0.531. The van der Waals surface area contributed by atoms with Crippen LogP contribution in [0.15, 0.2) is 48.6 Å². The number of carboxylic acids is 1. The van der Waals surface area contributed by atoms with Crippen LogP contribution in [0.5, 0.6) is 5.75 Å². The number of aryl methyl sites for hydroxylation is 1. The number of anilines is 1. The Morgan fingerprint density at radius 3 is 2.77 bits per heavy atom. The van der Waals surface area contributed by atoms with Gasteiger partial charge in [0.1, 0.15) is 12.4 Å². The fourth-order valence-corrected chi connectivity index (χ4v) is 6.68. The number of halogens is 1. The predicted molar refractivity (Wildman–Crippen MR) is 162 cm³/mol. The van der Waals surface area contributed by atoms with Gasteiger partial charge in [-0.15, -0.1) is 0 Å². The van der Waals surface area contributed by atoms with Crippen molar-refractivity contribution >= 4 is 35.9 Å². The van der Waals surface area contributed by atoms with Crippen molar-refractivity contribution in [2.75, 3.05) is 31.2 Å². The van der Waals surface area contributed by atoms with Crippen molar-refractivity contribution in [1.82, 2.24) is 0 Å². The Kier molecular flexibility index (Phi) is 10.00. The summed E-state index contributed by atoms with van der Waals surface area (Å²) in [7, 11) is 0. The Morgan fingerprint density at radius 1 is 1.12 bits per heavy atom. The molecule has 0 unspecified atom stereocenters. The van der Waals surface area contributed by atoms with E-state index in [4.69, 9.17) is 33.7 Å². The predicted octanol–water partition coefficient (Wildman–Crippen LogP) is 6.43. The molecule has 1 saturated heterocycles. The van der Waals surface area contributed by atoms with Crippen LogP contribution in [-0.4, -0.2) is 53.8 Å². The van der Waals surface area contributed by atoms with Crippen LogP contribution >= 0.6 is 24.2 Å². The molecule has 3 aliphatic rings. The summed E-state index contributed by atoms with van der Waals surface area (Å²) in [5.41, 5.74) is 3.36. The molecule has 2 aromatic rings. The number of hydrogen-bond acceptors (Lipinski definition) is 6. The maximum absolute atomic E-state index is 11.9. The van der Waals surface area contributed by atoms with Crippen molar-refractivity contribution in [1.29, 1.82) is 0 Å². The van der Waals surface area contributed by atoms with E-state index < -0.39 is 12.1 Å². The largest absolute Gasteiger partial charge is 0.487 e. The van der Waals surface area contributed by atoms with Crippen molar-refractivity contribution < 1.29 is 24.5 Å². The van der Waals surface area contributed by atoms with Crippen LogP contribution in [-0.2, 0) is 17.8 Å². The lowest BCUT2D eigenvalue weighted by Gasteiger charge is -2.42. The minimum atomic E-state index is -0.953. The molecule has 0 bridgehead atoms. The van der Waals surface area contributed by atoms with Gasteiger partial charge in [0.2, 0.25) is 0 Å². The molecule has 216 valence electrons. The standard InChI is InChI=1S/C32H40ClNO5S/c33-26-10-7-24-20-39-30-12-9-22(32(36)37)17-28(30)34(14-2-1-4-21(24)16-26)18-23-8-11-27(23)29(35)6-3-5-25-19-38-15-13-31(25)40/h3,6-7,9-10,12,16-17,23,25,27,29,31,35,40H,1-2,4-5,8,11,13-15,18-20H2,(H,36,37)/b6-3+/t23-,25-,27+,29-,31-/m0/s1. The van der Waals surface area contributed by atoms with E-state index in [-0.39, 0.29) is 11.5 Å². The number of aliphatic hydroxyl groups excluding tert-OH is 1. The number of hydrogen-bond donors (Lipinski definition) is 3. The van der Waals surface area contributed by atoms with Crippen LogP contribution in [0.2, 0.25) is 5.02 Å². The average Bonchev–Trinajstić information content (AvgIpc) is 2.95. The van der Waals surface area contributed by atoms with Crippen molar-refractivity contribution in [3.05, 3.63) is 70.3 Å². The Hall–Kier alpha value is -2.19. The molecule has 40 heavy (non-hydrogen) atoms. The minimum absolute atomic E-state index is 0.183. The zero-order valence-electron chi connectivity index (χ0n) is 22.9. The van der Waals surface area contributed by atoms with Gasteiger partial charge in [0.05, 0.1) is 24.0 Å². The summed E-state index contributed by atoms with van der Waals surface area (Å²) in [6.45, 7) is 3.45. The molecule has 8 heteroatoms. The summed E-state index contributed by atoms with van der Waals surface area (Å²) in [5.74, 6) is 0.615. The van der Waals surface area contributed by atoms with Gasteiger partial charge in [-0.2, -0.15) is 12.6 Å². The first-order valence-corrected chi connectivity index (χ1v) is 15.4. The highest BCUT2D eigenvalue weighted by Gasteiger charge is 2.37. The third-order valence-corrected chi connectivity index (χ3v) is 9.71. The molecule has 1 saturated carbocycles. The average molecular weight is 586 g/mol. The van der Waals surface area contributed by atoms with Crippen LogP contribution in [0.1, 0.15) is 60.0 Å². The van der Waals surface area contributed by atoms with Crippen molar-refractivity contribution in [2.45, 2.75) is 62.9 Å². The lowest BCUT2D eigenvalue weighted by molar-refractivity contribution is 0.0452. The first-order chi connectivity index (χ1) is 19.4. The molecule has 6 nitrogen and oxygen atoms in total. The molecular formula is C32H40ClNO5S. The number of aromatic carboxylic acids is 1. The summed E-state index contributed by atoms with van der Waals surface area (Å²) in [6, 6.07) is 11.1. The molecule has 5 rings (SSSR count). The van der Waals surface area contributed by atoms with Crippen LogP contribution in [0.25, 0.3) is 0 Å². The second-order valence-electron chi connectivity index (χ2n) is 11.4. The van der Waals surface area contributed by atoms with Gasteiger partial charge in [0, 0.05) is 30.0 Å². The van der Waals surface area contributed by atoms with Gasteiger partial charge < -0.3 is 24.6 Å². The molecule has 0 aromatic heterocycles. The van der Waals surface area contributed by atoms with Crippen molar-refractivity contribution in [2.24, 2.45) is 17.8 Å². The minimum Gasteiger partial charge on any atom is -0.487 e. The molecule has 2 fully saturated rings. The SMILES string of the molecule is O=C(O)c1ccc2c(c1)N(C[C@@H]1CC[C@H]1[C@@H](O)/C=C/C[C@H]1COCC[C@@H]1S)CCCCc1cc(Cl)ccc1CO2. The first kappa shape index (κ1) is 29.3. The second kappa shape index (κ2) is 13.6. The number of nitrogens with zero attached hydrogens (tertiary/aromatic N) is 1. The summed E-state index contributed by atoms with van der Waals surface area (Å²) >= 11 is 11.0. The lowest BCUT2D eigenvalue weighted by Crippen LogP contribution is -2.43. The highest BCUT2D eigenvalue weighted by Crippen LogP contribution is 2.41. The zero-order valence-corrected chi connectivity index (χ0v) is 24.5. The summed E-state index contributed by atoms with van der Waals surface area (Å²) in [5, 5.41) is 21.8. The molecule has 2 aliphatic heterocycles. The molecule has 2 N–H and O–H groups in total. The molecule has 2 heterocycles. The van der Waals surface area contributed by atoms with E-state index in [2.05, 4.69) is 11.0 Å². The first-order valence-electron chi connectivity index (χ1n) is 14.5. The van der Waals surface area contributed by atoms with Crippen LogP contribution in [0.4, 0.5) is 5.69 Å². The monoisotopic (exact) mass is 585 g/mol. The van der Waals surface area contributed by atoms with E-state index in [0.717, 1.165) is 87.5 Å². The van der Waals surface area contributed by atoms with E-state index in [1.165, 1.54) is 5.56 Å². The number of benzene rings is 2. The number of carboxylic acid groups (broad SMARTS) is 1. The highest BCUT2D eigenvalue weighted by atomic mass is 35.5. The van der Waals surface area contributed by atoms with Gasteiger partial charge in [-0.3, -0.25) is 0 Å². The molecular weight excluding hydrogens is 546 g/mol. The van der Waals surface area contributed by atoms with Gasteiger partial charge in [0.15, 0.2) is 0 Å². The zero-order chi connectivity index (χ0) is 28.1. The van der Waals surface area contributed by atoms with Gasteiger partial charge >= 0.3 is 5.97 Å².